The van der Waals surface area contributed by atoms with E-state index in [1.165, 1.54) is 250 Å². The van der Waals surface area contributed by atoms with Crippen molar-refractivity contribution in [2.45, 2.75) is 347 Å². The normalized spacial score (nSPS) is 12.7. The smallest absolute Gasteiger partial charge is 0.305 e. The summed E-state index contributed by atoms with van der Waals surface area (Å²) >= 11 is 0. The van der Waals surface area contributed by atoms with Gasteiger partial charge in [0.25, 0.3) is 0 Å². The largest absolute Gasteiger partial charge is 0.466 e. The Morgan fingerprint density at radius 3 is 1.15 bits per heavy atom. The monoisotopic (exact) mass is 958 g/mol. The van der Waals surface area contributed by atoms with Gasteiger partial charge in [0.05, 0.1) is 25.4 Å². The van der Waals surface area contributed by atoms with Gasteiger partial charge < -0.3 is 20.3 Å². The number of amides is 1. The summed E-state index contributed by atoms with van der Waals surface area (Å²) in [5, 5.41) is 23.2. The molecule has 0 radical (unpaired) electrons. The van der Waals surface area contributed by atoms with E-state index in [9.17, 15) is 19.8 Å². The number of hydrogen-bond acceptors (Lipinski definition) is 5. The molecule has 0 fully saturated rings. The van der Waals surface area contributed by atoms with Gasteiger partial charge in [0, 0.05) is 12.8 Å². The quantitative estimate of drug-likeness (QED) is 0.0321. The predicted octanol–water partition coefficient (Wildman–Crippen LogP) is 19.0. The fourth-order valence-electron chi connectivity index (χ4n) is 9.55. The summed E-state index contributed by atoms with van der Waals surface area (Å²) in [6, 6.07) is -0.540. The second-order valence-corrected chi connectivity index (χ2v) is 21.0. The van der Waals surface area contributed by atoms with E-state index in [0.717, 1.165) is 51.4 Å². The van der Waals surface area contributed by atoms with Gasteiger partial charge in [0.15, 0.2) is 0 Å². The third-order valence-corrected chi connectivity index (χ3v) is 14.3. The Morgan fingerprint density at radius 2 is 0.735 bits per heavy atom. The first-order chi connectivity index (χ1) is 33.5. The lowest BCUT2D eigenvalue weighted by molar-refractivity contribution is -0.143. The summed E-state index contributed by atoms with van der Waals surface area (Å²) in [5.74, 6) is -0.0329. The van der Waals surface area contributed by atoms with E-state index in [0.29, 0.717) is 25.9 Å². The van der Waals surface area contributed by atoms with Crippen molar-refractivity contribution >= 4 is 11.9 Å². The fourth-order valence-corrected chi connectivity index (χ4v) is 9.55. The zero-order valence-electron chi connectivity index (χ0n) is 45.9. The number of hydrogen-bond donors (Lipinski definition) is 3. The van der Waals surface area contributed by atoms with Crippen LogP contribution in [0.25, 0.3) is 0 Å². The molecule has 6 heteroatoms. The number of carbonyl (C=O) groups is 2. The number of allylic oxidation sites excluding steroid dienone is 4. The van der Waals surface area contributed by atoms with Crippen LogP contribution in [0.4, 0.5) is 0 Å². The molecule has 2 unspecified atom stereocenters. The summed E-state index contributed by atoms with van der Waals surface area (Å²) in [6.07, 6.45) is 70.4. The maximum absolute atomic E-state index is 12.5. The number of rotatable bonds is 57. The molecule has 2 atom stereocenters. The highest BCUT2D eigenvalue weighted by Gasteiger charge is 2.20. The summed E-state index contributed by atoms with van der Waals surface area (Å²) in [5.41, 5.74) is 0. The molecular formula is C62H119NO5. The maximum Gasteiger partial charge on any atom is 0.305 e. The molecule has 0 aliphatic carbocycles. The molecule has 3 N–H and O–H groups in total. The lowest BCUT2D eigenvalue weighted by atomic mass is 10.0. The molecule has 0 saturated carbocycles. The maximum atomic E-state index is 12.5. The minimum absolute atomic E-state index is 0.000663. The van der Waals surface area contributed by atoms with E-state index in [4.69, 9.17) is 4.74 Å². The van der Waals surface area contributed by atoms with E-state index < -0.39 is 12.1 Å². The van der Waals surface area contributed by atoms with Crippen LogP contribution in [0, 0.1) is 0 Å². The molecule has 0 aromatic carbocycles. The molecule has 0 aliphatic rings. The van der Waals surface area contributed by atoms with Crippen LogP contribution < -0.4 is 5.32 Å². The van der Waals surface area contributed by atoms with Gasteiger partial charge in [0.2, 0.25) is 5.91 Å². The zero-order valence-corrected chi connectivity index (χ0v) is 45.9. The van der Waals surface area contributed by atoms with Crippen LogP contribution in [0.3, 0.4) is 0 Å². The van der Waals surface area contributed by atoms with E-state index >= 15 is 0 Å². The average molecular weight is 959 g/mol. The summed E-state index contributed by atoms with van der Waals surface area (Å²) in [6.45, 7) is 4.93. The number of esters is 1. The average Bonchev–Trinajstić information content (AvgIpc) is 3.34. The minimum atomic E-state index is -0.663. The molecule has 6 nitrogen and oxygen atoms in total. The van der Waals surface area contributed by atoms with Gasteiger partial charge in [-0.1, -0.05) is 289 Å². The van der Waals surface area contributed by atoms with Gasteiger partial charge in [-0.25, -0.2) is 0 Å². The van der Waals surface area contributed by atoms with Gasteiger partial charge >= 0.3 is 5.97 Å². The van der Waals surface area contributed by atoms with Crippen molar-refractivity contribution in [3.05, 3.63) is 24.3 Å². The van der Waals surface area contributed by atoms with Crippen molar-refractivity contribution in [3.63, 3.8) is 0 Å². The second-order valence-electron chi connectivity index (χ2n) is 21.0. The molecule has 402 valence electrons. The molecule has 0 spiro atoms. The lowest BCUT2D eigenvalue weighted by Crippen LogP contribution is -2.45. The Hall–Kier alpha value is -1.66. The zero-order chi connectivity index (χ0) is 49.3. The van der Waals surface area contributed by atoms with Crippen molar-refractivity contribution in [2.75, 3.05) is 13.2 Å². The first kappa shape index (κ1) is 66.3. The topological polar surface area (TPSA) is 95.9 Å². The first-order valence-corrected chi connectivity index (χ1v) is 30.6. The predicted molar refractivity (Wildman–Crippen MR) is 296 cm³/mol. The van der Waals surface area contributed by atoms with Gasteiger partial charge in [-0.2, -0.15) is 0 Å². The number of aliphatic hydroxyl groups is 2. The van der Waals surface area contributed by atoms with Crippen LogP contribution >= 0.6 is 0 Å². The standard InChI is InChI=1S/C62H119NO5/c1-3-5-7-9-11-13-15-17-27-32-36-40-44-48-52-56-62(67)68-57-53-49-45-41-37-33-29-26-24-22-20-18-19-21-23-25-28-31-35-39-43-47-51-55-61(66)63-59(58-64)60(65)54-50-46-42-38-34-30-16-14-12-10-8-6-4-2/h11,13,17,27,59-60,64-65H,3-10,12,14-16,18-26,28-58H2,1-2H3,(H,63,66)/b13-11-,27-17-. The van der Waals surface area contributed by atoms with E-state index in [1.807, 2.05) is 0 Å². The Labute approximate surface area is 424 Å². The van der Waals surface area contributed by atoms with Crippen LogP contribution in [0.5, 0.6) is 0 Å². The lowest BCUT2D eigenvalue weighted by Gasteiger charge is -2.22. The van der Waals surface area contributed by atoms with Crippen molar-refractivity contribution in [3.8, 4) is 0 Å². The molecular weight excluding hydrogens is 839 g/mol. The van der Waals surface area contributed by atoms with E-state index in [2.05, 4.69) is 43.5 Å². The number of nitrogens with one attached hydrogen (secondary N) is 1. The van der Waals surface area contributed by atoms with Gasteiger partial charge in [0.1, 0.15) is 0 Å². The van der Waals surface area contributed by atoms with Gasteiger partial charge in [-0.3, -0.25) is 9.59 Å². The highest BCUT2D eigenvalue weighted by atomic mass is 16.5. The summed E-state index contributed by atoms with van der Waals surface area (Å²) in [4.78, 5) is 24.5. The second kappa shape index (κ2) is 57.9. The molecule has 1 amide bonds. The molecule has 0 aromatic heterocycles. The Morgan fingerprint density at radius 1 is 0.412 bits per heavy atom. The Bertz CT molecular complexity index is 1060. The van der Waals surface area contributed by atoms with Crippen molar-refractivity contribution in [1.82, 2.24) is 5.32 Å². The molecule has 0 bridgehead atoms. The minimum Gasteiger partial charge on any atom is -0.466 e. The summed E-state index contributed by atoms with van der Waals surface area (Å²) < 4.78 is 5.48. The van der Waals surface area contributed by atoms with Crippen LogP contribution in [0.1, 0.15) is 335 Å². The molecule has 68 heavy (non-hydrogen) atoms. The van der Waals surface area contributed by atoms with Crippen LogP contribution in [0.15, 0.2) is 24.3 Å². The Kier molecular flexibility index (Phi) is 56.5. The number of aliphatic hydroxyl groups excluding tert-OH is 2. The van der Waals surface area contributed by atoms with E-state index in [-0.39, 0.29) is 18.5 Å². The number of unbranched alkanes of at least 4 members (excludes halogenated alkanes) is 42. The van der Waals surface area contributed by atoms with Gasteiger partial charge in [-0.15, -0.1) is 0 Å². The summed E-state index contributed by atoms with van der Waals surface area (Å²) in [7, 11) is 0. The highest BCUT2D eigenvalue weighted by molar-refractivity contribution is 5.76. The third-order valence-electron chi connectivity index (χ3n) is 14.3. The Balaban J connectivity index is 3.36. The molecule has 0 heterocycles. The van der Waals surface area contributed by atoms with Crippen LogP contribution in [0.2, 0.25) is 0 Å². The van der Waals surface area contributed by atoms with E-state index in [1.54, 1.807) is 0 Å². The van der Waals surface area contributed by atoms with Crippen LogP contribution in [-0.4, -0.2) is 47.4 Å². The molecule has 0 rings (SSSR count). The fraction of sp³-hybridized carbons (Fsp3) is 0.903. The molecule has 0 saturated heterocycles. The van der Waals surface area contributed by atoms with Crippen LogP contribution in [-0.2, 0) is 14.3 Å². The highest BCUT2D eigenvalue weighted by Crippen LogP contribution is 2.18. The SMILES string of the molecule is CCCCC/C=C\C/C=C\CCCCCCCC(=O)OCCCCCCCCCCCCCCCCCCCCCCCCCC(=O)NC(CO)C(O)CCCCCCCCCCCCCCC. The van der Waals surface area contributed by atoms with Crippen molar-refractivity contribution in [2.24, 2.45) is 0 Å². The number of ether oxygens (including phenoxy) is 1. The van der Waals surface area contributed by atoms with Crippen molar-refractivity contribution in [1.29, 1.82) is 0 Å². The molecule has 0 aromatic rings. The third kappa shape index (κ3) is 53.7. The molecule has 0 aliphatic heterocycles. The van der Waals surface area contributed by atoms with Gasteiger partial charge in [-0.05, 0) is 57.8 Å². The number of carbonyl (C=O) groups excluding carboxylic acids is 2. The van der Waals surface area contributed by atoms with Crippen molar-refractivity contribution < 1.29 is 24.5 Å². The first-order valence-electron chi connectivity index (χ1n) is 30.6.